The summed E-state index contributed by atoms with van der Waals surface area (Å²) in [5.41, 5.74) is 2.60. The van der Waals surface area contributed by atoms with E-state index in [0.29, 0.717) is 39.8 Å². The zero-order valence-corrected chi connectivity index (χ0v) is 26.0. The molecular weight excluding hydrogens is 589 g/mol. The molecule has 4 atom stereocenters. The van der Waals surface area contributed by atoms with Gasteiger partial charge in [0.25, 0.3) is 0 Å². The van der Waals surface area contributed by atoms with Crippen molar-refractivity contribution in [2.75, 3.05) is 20.1 Å². The Balaban J connectivity index is 1.46. The number of rotatable bonds is 6. The van der Waals surface area contributed by atoms with Gasteiger partial charge in [0.05, 0.1) is 35.9 Å². The van der Waals surface area contributed by atoms with E-state index in [1.54, 1.807) is 24.5 Å². The van der Waals surface area contributed by atoms with Crippen molar-refractivity contribution in [3.8, 4) is 23.1 Å². The number of piperidine rings is 1. The predicted molar refractivity (Wildman–Crippen MR) is 175 cm³/mol. The molecular formula is C35H33ClFN7O. The molecule has 8 nitrogen and oxygen atoms in total. The second-order valence-electron chi connectivity index (χ2n) is 12.2. The number of nitriles is 1. The lowest BCUT2D eigenvalue weighted by molar-refractivity contribution is 0.118. The third-order valence-corrected chi connectivity index (χ3v) is 9.84. The molecule has 3 aromatic carbocycles. The number of likely N-dealkylation sites (tertiary alicyclic amines) is 1. The topological polar surface area (TPSA) is 83.4 Å². The second kappa shape index (κ2) is 11.9. The van der Waals surface area contributed by atoms with E-state index < -0.39 is 5.82 Å². The van der Waals surface area contributed by atoms with Crippen LogP contribution in [0.5, 0.6) is 5.88 Å². The standard InChI is InChI=1S/C35H33ClFN7O/c1-20(28-11-6-16-43(28)3)45-35-33-34(44(19-41-33)23-13-15-40-22(17-23)12-14-38)25-18-26(36)30(31(37)32(25)42-35)24-9-4-7-21-8-5-10-27(39-2)29(21)24/h4-5,7-10,18-20,22-23,28,40H,6,11-13,15-17H2,1,3H3/t20-,22+,23-,28-/m0/s1. The normalized spacial score (nSPS) is 21.2. The van der Waals surface area contributed by atoms with Gasteiger partial charge in [-0.1, -0.05) is 48.0 Å². The molecule has 10 heteroatoms. The van der Waals surface area contributed by atoms with Crippen LogP contribution in [0.2, 0.25) is 5.02 Å². The maximum Gasteiger partial charge on any atom is 0.243 e. The average molecular weight is 622 g/mol. The van der Waals surface area contributed by atoms with Gasteiger partial charge in [0, 0.05) is 29.1 Å². The van der Waals surface area contributed by atoms with Crippen molar-refractivity contribution in [2.45, 2.75) is 63.3 Å². The molecule has 0 bridgehead atoms. The van der Waals surface area contributed by atoms with Crippen LogP contribution in [0.4, 0.5) is 10.1 Å². The lowest BCUT2D eigenvalue weighted by atomic mass is 9.95. The summed E-state index contributed by atoms with van der Waals surface area (Å²) in [6, 6.07) is 15.4. The number of pyridine rings is 1. The van der Waals surface area contributed by atoms with Crippen molar-refractivity contribution < 1.29 is 9.13 Å². The van der Waals surface area contributed by atoms with Gasteiger partial charge in [0.15, 0.2) is 17.0 Å². The number of fused-ring (bicyclic) bond motifs is 4. The monoisotopic (exact) mass is 621 g/mol. The van der Waals surface area contributed by atoms with Gasteiger partial charge in [0.1, 0.15) is 11.6 Å². The minimum atomic E-state index is -0.567. The SMILES string of the molecule is [C-]#[N+]c1cccc2cccc(-c3c(Cl)cc4c(nc(O[C@@H](C)[C@@H]5CCCN5C)c5ncn([C@H]6CCN[C@H](CC#N)C6)c54)c3F)c12. The summed E-state index contributed by atoms with van der Waals surface area (Å²) in [6.45, 7) is 11.6. The quantitative estimate of drug-likeness (QED) is 0.195. The maximum absolute atomic E-state index is 17.1. The Bertz CT molecular complexity index is 2020. The van der Waals surface area contributed by atoms with Gasteiger partial charge < -0.3 is 14.6 Å². The number of likely N-dealkylation sites (N-methyl/N-ethyl adjacent to an activating group) is 1. The van der Waals surface area contributed by atoms with Crippen LogP contribution < -0.4 is 10.1 Å². The summed E-state index contributed by atoms with van der Waals surface area (Å²) in [7, 11) is 2.10. The molecule has 1 N–H and O–H groups in total. The molecule has 0 radical (unpaired) electrons. The highest BCUT2D eigenvalue weighted by molar-refractivity contribution is 6.35. The summed E-state index contributed by atoms with van der Waals surface area (Å²) in [5.74, 6) is -0.277. The van der Waals surface area contributed by atoms with Crippen molar-refractivity contribution in [3.63, 3.8) is 0 Å². The van der Waals surface area contributed by atoms with E-state index in [1.807, 2.05) is 31.2 Å². The smallest absolute Gasteiger partial charge is 0.243 e. The van der Waals surface area contributed by atoms with Crippen LogP contribution in [0.15, 0.2) is 48.8 Å². The number of nitrogens with zero attached hydrogens (tertiary/aromatic N) is 6. The molecule has 2 saturated heterocycles. The molecule has 0 spiro atoms. The van der Waals surface area contributed by atoms with Crippen LogP contribution in [-0.4, -0.2) is 57.8 Å². The molecule has 7 rings (SSSR count). The first-order valence-electron chi connectivity index (χ1n) is 15.4. The van der Waals surface area contributed by atoms with Crippen molar-refractivity contribution >= 4 is 50.0 Å². The number of hydrogen-bond acceptors (Lipinski definition) is 6. The van der Waals surface area contributed by atoms with Crippen molar-refractivity contribution in [3.05, 3.63) is 71.0 Å². The lowest BCUT2D eigenvalue weighted by Gasteiger charge is -2.30. The molecule has 228 valence electrons. The van der Waals surface area contributed by atoms with Crippen LogP contribution in [0.3, 0.4) is 0 Å². The van der Waals surface area contributed by atoms with Gasteiger partial charge in [-0.25, -0.2) is 19.2 Å². The number of halogens is 2. The van der Waals surface area contributed by atoms with Crippen LogP contribution in [0.25, 0.3) is 48.7 Å². The average Bonchev–Trinajstić information content (AvgIpc) is 3.69. The van der Waals surface area contributed by atoms with Crippen molar-refractivity contribution in [1.29, 1.82) is 5.26 Å². The van der Waals surface area contributed by atoms with Crippen molar-refractivity contribution in [2.24, 2.45) is 0 Å². The molecule has 2 aromatic heterocycles. The van der Waals surface area contributed by atoms with E-state index in [2.05, 4.69) is 32.7 Å². The van der Waals surface area contributed by atoms with Gasteiger partial charge in [-0.15, -0.1) is 0 Å². The van der Waals surface area contributed by atoms with E-state index in [9.17, 15) is 5.26 Å². The van der Waals surface area contributed by atoms with Gasteiger partial charge in [-0.2, -0.15) is 5.26 Å². The van der Waals surface area contributed by atoms with Crippen molar-refractivity contribution in [1.82, 2.24) is 24.8 Å². The first-order valence-corrected chi connectivity index (χ1v) is 15.8. The van der Waals surface area contributed by atoms with E-state index in [0.717, 1.165) is 49.7 Å². The molecule has 45 heavy (non-hydrogen) atoms. The number of aromatic nitrogens is 3. The second-order valence-corrected chi connectivity index (χ2v) is 12.6. The van der Waals surface area contributed by atoms with Gasteiger partial charge in [-0.3, -0.25) is 4.90 Å². The molecule has 2 aliphatic rings. The minimum absolute atomic E-state index is 0.0484. The number of nitrogens with one attached hydrogen (secondary N) is 1. The van der Waals surface area contributed by atoms with Gasteiger partial charge in [0.2, 0.25) is 5.88 Å². The summed E-state index contributed by atoms with van der Waals surface area (Å²) in [5, 5.41) is 15.0. The Hall–Kier alpha value is -4.28. The molecule has 2 fully saturated rings. The highest BCUT2D eigenvalue weighted by atomic mass is 35.5. The number of hydrogen-bond donors (Lipinski definition) is 1. The van der Waals surface area contributed by atoms with Gasteiger partial charge >= 0.3 is 0 Å². The first kappa shape index (κ1) is 29.4. The minimum Gasteiger partial charge on any atom is -0.471 e. The molecule has 2 aliphatic heterocycles. The van der Waals surface area contributed by atoms with E-state index in [-0.39, 0.29) is 40.3 Å². The zero-order valence-electron chi connectivity index (χ0n) is 25.2. The first-order chi connectivity index (χ1) is 21.9. The van der Waals surface area contributed by atoms with Crippen LogP contribution >= 0.6 is 11.6 Å². The van der Waals surface area contributed by atoms with E-state index in [1.165, 1.54) is 0 Å². The van der Waals surface area contributed by atoms with E-state index in [4.69, 9.17) is 32.9 Å². The Labute approximate surface area is 266 Å². The van der Waals surface area contributed by atoms with Crippen LogP contribution in [0, 0.1) is 23.7 Å². The fraction of sp³-hybridized carbons (Fsp3) is 0.371. The maximum atomic E-state index is 17.1. The summed E-state index contributed by atoms with van der Waals surface area (Å²) >= 11 is 6.98. The number of imidazole rings is 1. The Morgan fingerprint density at radius 3 is 2.82 bits per heavy atom. The third-order valence-electron chi connectivity index (χ3n) is 9.54. The Morgan fingerprint density at radius 2 is 2.07 bits per heavy atom. The number of benzene rings is 3. The summed E-state index contributed by atoms with van der Waals surface area (Å²) in [6.07, 6.45) is 5.69. The van der Waals surface area contributed by atoms with Gasteiger partial charge in [-0.05, 0) is 75.1 Å². The lowest BCUT2D eigenvalue weighted by Crippen LogP contribution is -2.38. The molecule has 0 unspecified atom stereocenters. The Morgan fingerprint density at radius 1 is 1.24 bits per heavy atom. The zero-order chi connectivity index (χ0) is 31.2. The predicted octanol–water partition coefficient (Wildman–Crippen LogP) is 7.82. The fourth-order valence-corrected chi connectivity index (χ4v) is 7.65. The van der Waals surface area contributed by atoms with Crippen LogP contribution in [0.1, 0.15) is 45.1 Å². The fourth-order valence-electron chi connectivity index (χ4n) is 7.35. The molecule has 4 heterocycles. The Kier molecular flexibility index (Phi) is 7.79. The third kappa shape index (κ3) is 5.06. The highest BCUT2D eigenvalue weighted by Crippen LogP contribution is 2.44. The molecule has 0 aliphatic carbocycles. The highest BCUT2D eigenvalue weighted by Gasteiger charge is 2.31. The molecule has 5 aromatic rings. The molecule has 0 saturated carbocycles. The summed E-state index contributed by atoms with van der Waals surface area (Å²) in [4.78, 5) is 15.6. The van der Waals surface area contributed by atoms with Crippen LogP contribution in [-0.2, 0) is 0 Å². The largest absolute Gasteiger partial charge is 0.471 e. The summed E-state index contributed by atoms with van der Waals surface area (Å²) < 4.78 is 25.7. The number of ether oxygens (including phenoxy) is 1. The van der Waals surface area contributed by atoms with E-state index >= 15 is 4.39 Å². The molecule has 0 amide bonds.